The number of nitrogens with zero attached hydrogens (tertiary/aromatic N) is 3. The molecule has 26 heavy (non-hydrogen) atoms. The van der Waals surface area contributed by atoms with Crippen LogP contribution in [0, 0.1) is 0 Å². The topological polar surface area (TPSA) is 85.1 Å². The highest BCUT2D eigenvalue weighted by Crippen LogP contribution is 2.30. The summed E-state index contributed by atoms with van der Waals surface area (Å²) in [5.41, 5.74) is 0.962. The molecule has 0 unspecified atom stereocenters. The molecule has 8 heteroatoms. The standard InChI is InChI=1S/C18H21N3O5/c1-3-25-18(23)21-10-8-20(9-11-21)17(22)14-12-16(26-19-14)13-6-4-5-7-15(13)24-2/h4-7,12H,3,8-11H2,1-2H3. The van der Waals surface area contributed by atoms with Gasteiger partial charge in [-0.25, -0.2) is 4.79 Å². The highest BCUT2D eigenvalue weighted by molar-refractivity contribution is 5.93. The van der Waals surface area contributed by atoms with Gasteiger partial charge in [0.05, 0.1) is 19.3 Å². The van der Waals surface area contributed by atoms with Crippen molar-refractivity contribution in [1.29, 1.82) is 0 Å². The lowest BCUT2D eigenvalue weighted by Crippen LogP contribution is -2.50. The molecule has 0 bridgehead atoms. The lowest BCUT2D eigenvalue weighted by molar-refractivity contribution is 0.0562. The maximum absolute atomic E-state index is 12.6. The summed E-state index contributed by atoms with van der Waals surface area (Å²) in [4.78, 5) is 27.6. The molecule has 0 spiro atoms. The molecule has 1 aromatic heterocycles. The number of hydrogen-bond acceptors (Lipinski definition) is 6. The van der Waals surface area contributed by atoms with Crippen LogP contribution in [-0.2, 0) is 4.74 Å². The van der Waals surface area contributed by atoms with Crippen molar-refractivity contribution in [3.63, 3.8) is 0 Å². The third kappa shape index (κ3) is 3.63. The van der Waals surface area contributed by atoms with Gasteiger partial charge in [-0.15, -0.1) is 0 Å². The third-order valence-electron chi connectivity index (χ3n) is 4.19. The molecule has 1 aromatic carbocycles. The molecule has 2 heterocycles. The van der Waals surface area contributed by atoms with Crippen LogP contribution >= 0.6 is 0 Å². The van der Waals surface area contributed by atoms with Crippen molar-refractivity contribution in [1.82, 2.24) is 15.0 Å². The van der Waals surface area contributed by atoms with Crippen LogP contribution in [0.1, 0.15) is 17.4 Å². The second-order valence-corrected chi connectivity index (χ2v) is 5.75. The van der Waals surface area contributed by atoms with Crippen LogP contribution in [0.4, 0.5) is 4.79 Å². The Morgan fingerprint density at radius 2 is 1.85 bits per heavy atom. The maximum Gasteiger partial charge on any atom is 0.409 e. The first-order valence-corrected chi connectivity index (χ1v) is 8.45. The molecule has 0 N–H and O–H groups in total. The van der Waals surface area contributed by atoms with E-state index in [9.17, 15) is 9.59 Å². The highest BCUT2D eigenvalue weighted by Gasteiger charge is 2.27. The van der Waals surface area contributed by atoms with Gasteiger partial charge >= 0.3 is 6.09 Å². The Bertz CT molecular complexity index is 781. The van der Waals surface area contributed by atoms with Crippen LogP contribution in [-0.4, -0.2) is 66.9 Å². The fourth-order valence-electron chi connectivity index (χ4n) is 2.82. The van der Waals surface area contributed by atoms with Crippen LogP contribution in [0.25, 0.3) is 11.3 Å². The SMILES string of the molecule is CCOC(=O)N1CCN(C(=O)c2cc(-c3ccccc3OC)on2)CC1. The highest BCUT2D eigenvalue weighted by atomic mass is 16.6. The molecule has 138 valence electrons. The first-order chi connectivity index (χ1) is 12.6. The molecule has 3 rings (SSSR count). The number of benzene rings is 1. The summed E-state index contributed by atoms with van der Waals surface area (Å²) in [5.74, 6) is 0.889. The third-order valence-corrected chi connectivity index (χ3v) is 4.19. The van der Waals surface area contributed by atoms with Crippen molar-refractivity contribution in [2.45, 2.75) is 6.92 Å². The zero-order valence-electron chi connectivity index (χ0n) is 14.8. The molecule has 1 fully saturated rings. The molecular formula is C18H21N3O5. The van der Waals surface area contributed by atoms with Gasteiger partial charge in [0.1, 0.15) is 5.75 Å². The van der Waals surface area contributed by atoms with E-state index in [1.807, 2.05) is 24.3 Å². The van der Waals surface area contributed by atoms with Crippen molar-refractivity contribution in [2.24, 2.45) is 0 Å². The van der Waals surface area contributed by atoms with Crippen molar-refractivity contribution in [2.75, 3.05) is 39.9 Å². The minimum atomic E-state index is -0.348. The Labute approximate surface area is 151 Å². The number of hydrogen-bond donors (Lipinski definition) is 0. The van der Waals surface area contributed by atoms with Gasteiger partial charge in [-0.05, 0) is 19.1 Å². The lowest BCUT2D eigenvalue weighted by atomic mass is 10.1. The van der Waals surface area contributed by atoms with Crippen molar-refractivity contribution < 1.29 is 23.6 Å². The van der Waals surface area contributed by atoms with Gasteiger partial charge in [-0.1, -0.05) is 17.3 Å². The predicted molar refractivity (Wildman–Crippen MR) is 93.0 cm³/mol. The molecule has 1 saturated heterocycles. The zero-order chi connectivity index (χ0) is 18.5. The van der Waals surface area contributed by atoms with E-state index in [0.717, 1.165) is 5.56 Å². The summed E-state index contributed by atoms with van der Waals surface area (Å²) in [7, 11) is 1.57. The van der Waals surface area contributed by atoms with Crippen LogP contribution in [0.3, 0.4) is 0 Å². The number of para-hydroxylation sites is 1. The largest absolute Gasteiger partial charge is 0.496 e. The summed E-state index contributed by atoms with van der Waals surface area (Å²) >= 11 is 0. The molecule has 1 aliphatic rings. The van der Waals surface area contributed by atoms with Gasteiger partial charge in [0.15, 0.2) is 11.5 Å². The second kappa shape index (κ2) is 7.90. The van der Waals surface area contributed by atoms with Gasteiger partial charge in [0, 0.05) is 32.2 Å². The van der Waals surface area contributed by atoms with Crippen LogP contribution in [0.5, 0.6) is 5.75 Å². The quantitative estimate of drug-likeness (QED) is 0.832. The minimum Gasteiger partial charge on any atom is -0.496 e. The number of carbonyl (C=O) groups is 2. The first-order valence-electron chi connectivity index (χ1n) is 8.45. The molecular weight excluding hydrogens is 338 g/mol. The van der Waals surface area contributed by atoms with Crippen LogP contribution < -0.4 is 4.74 Å². The predicted octanol–water partition coefficient (Wildman–Crippen LogP) is 2.26. The zero-order valence-corrected chi connectivity index (χ0v) is 14.8. The number of piperazine rings is 1. The fraction of sp³-hybridized carbons (Fsp3) is 0.389. The number of methoxy groups -OCH3 is 1. The van der Waals surface area contributed by atoms with E-state index in [4.69, 9.17) is 14.0 Å². The summed E-state index contributed by atoms with van der Waals surface area (Å²) in [6, 6.07) is 8.97. The number of ether oxygens (including phenoxy) is 2. The average Bonchev–Trinajstić information content (AvgIpc) is 3.17. The lowest BCUT2D eigenvalue weighted by Gasteiger charge is -2.33. The Kier molecular flexibility index (Phi) is 5.40. The fourth-order valence-corrected chi connectivity index (χ4v) is 2.82. The number of carbonyl (C=O) groups excluding carboxylic acids is 2. The van der Waals surface area contributed by atoms with Gasteiger partial charge in [0.2, 0.25) is 0 Å². The minimum absolute atomic E-state index is 0.224. The molecule has 8 nitrogen and oxygen atoms in total. The number of rotatable bonds is 4. The molecule has 0 atom stereocenters. The Balaban J connectivity index is 1.67. The number of amides is 2. The molecule has 0 aliphatic carbocycles. The Morgan fingerprint density at radius 1 is 1.15 bits per heavy atom. The summed E-state index contributed by atoms with van der Waals surface area (Å²) in [6.45, 7) is 3.82. The maximum atomic E-state index is 12.6. The molecule has 1 aliphatic heterocycles. The van der Waals surface area contributed by atoms with E-state index in [1.165, 1.54) is 0 Å². The normalized spacial score (nSPS) is 14.2. The van der Waals surface area contributed by atoms with E-state index < -0.39 is 0 Å². The van der Waals surface area contributed by atoms with E-state index in [1.54, 1.807) is 29.9 Å². The van der Waals surface area contributed by atoms with Crippen molar-refractivity contribution in [3.05, 3.63) is 36.0 Å². The molecule has 0 saturated carbocycles. The van der Waals surface area contributed by atoms with Crippen LogP contribution in [0.2, 0.25) is 0 Å². The van der Waals surface area contributed by atoms with Crippen molar-refractivity contribution in [3.8, 4) is 17.1 Å². The van der Waals surface area contributed by atoms with Crippen LogP contribution in [0.15, 0.2) is 34.9 Å². The summed E-state index contributed by atoms with van der Waals surface area (Å²) in [5, 5.41) is 3.90. The Hall–Kier alpha value is -3.03. The molecule has 2 aromatic rings. The Morgan fingerprint density at radius 3 is 2.54 bits per heavy atom. The molecule has 0 radical (unpaired) electrons. The van der Waals surface area contributed by atoms with Crippen molar-refractivity contribution >= 4 is 12.0 Å². The first kappa shape index (κ1) is 17.8. The van der Waals surface area contributed by atoms with E-state index >= 15 is 0 Å². The monoisotopic (exact) mass is 359 g/mol. The summed E-state index contributed by atoms with van der Waals surface area (Å²) in [6.07, 6.45) is -0.348. The van der Waals surface area contributed by atoms with Gasteiger partial charge in [-0.3, -0.25) is 4.79 Å². The number of aromatic nitrogens is 1. The summed E-state index contributed by atoms with van der Waals surface area (Å²) < 4.78 is 15.6. The molecule has 2 amide bonds. The van der Waals surface area contributed by atoms with E-state index in [2.05, 4.69) is 5.16 Å². The second-order valence-electron chi connectivity index (χ2n) is 5.75. The van der Waals surface area contributed by atoms with E-state index in [0.29, 0.717) is 44.3 Å². The van der Waals surface area contributed by atoms with Gasteiger partial charge in [-0.2, -0.15) is 0 Å². The van der Waals surface area contributed by atoms with E-state index in [-0.39, 0.29) is 17.7 Å². The average molecular weight is 359 g/mol. The smallest absolute Gasteiger partial charge is 0.409 e. The van der Waals surface area contributed by atoms with Gasteiger partial charge in [0.25, 0.3) is 5.91 Å². The van der Waals surface area contributed by atoms with Gasteiger partial charge < -0.3 is 23.8 Å².